The van der Waals surface area contributed by atoms with Gasteiger partial charge < -0.3 is 10.1 Å². The minimum Gasteiger partial charge on any atom is -0.496 e. The molecule has 1 aromatic rings. The fraction of sp³-hybridized carbons (Fsp3) is 0.467. The van der Waals surface area contributed by atoms with Crippen molar-refractivity contribution < 1.29 is 4.74 Å². The van der Waals surface area contributed by atoms with Gasteiger partial charge in [0.2, 0.25) is 0 Å². The van der Waals surface area contributed by atoms with E-state index >= 15 is 0 Å². The van der Waals surface area contributed by atoms with Crippen LogP contribution in [0.3, 0.4) is 0 Å². The number of para-hydroxylation sites is 1. The second-order valence-corrected chi connectivity index (χ2v) is 4.60. The van der Waals surface area contributed by atoms with Gasteiger partial charge in [-0.05, 0) is 32.3 Å². The van der Waals surface area contributed by atoms with E-state index in [-0.39, 0.29) is 0 Å². The lowest BCUT2D eigenvalue weighted by Crippen LogP contribution is -2.31. The molecular formula is C15H21NO. The molecule has 0 aromatic heterocycles. The minimum absolute atomic E-state index is 0.318. The molecule has 0 saturated carbocycles. The van der Waals surface area contributed by atoms with Crippen LogP contribution < -0.4 is 10.1 Å². The molecule has 0 heterocycles. The number of allylic oxidation sites excluding steroid dienone is 1. The number of nitrogens with one attached hydrogen (secondary N) is 1. The summed E-state index contributed by atoms with van der Waals surface area (Å²) in [6, 6.07) is 9.04. The fourth-order valence-corrected chi connectivity index (χ4v) is 2.39. The van der Waals surface area contributed by atoms with Crippen LogP contribution in [0.15, 0.2) is 36.4 Å². The third kappa shape index (κ3) is 3.10. The van der Waals surface area contributed by atoms with Crippen LogP contribution in [0.4, 0.5) is 0 Å². The summed E-state index contributed by atoms with van der Waals surface area (Å²) in [4.78, 5) is 0. The van der Waals surface area contributed by atoms with Crippen molar-refractivity contribution in [3.05, 3.63) is 42.0 Å². The van der Waals surface area contributed by atoms with Crippen LogP contribution in [0, 0.1) is 0 Å². The van der Waals surface area contributed by atoms with Gasteiger partial charge in [-0.25, -0.2) is 0 Å². The monoisotopic (exact) mass is 231 g/mol. The summed E-state index contributed by atoms with van der Waals surface area (Å²) >= 11 is 0. The maximum absolute atomic E-state index is 5.40. The molecule has 92 valence electrons. The van der Waals surface area contributed by atoms with Gasteiger partial charge >= 0.3 is 0 Å². The highest BCUT2D eigenvalue weighted by molar-refractivity contribution is 5.35. The summed E-state index contributed by atoms with van der Waals surface area (Å²) in [5.74, 6) is 0.965. The predicted molar refractivity (Wildman–Crippen MR) is 71.3 cm³/mol. The van der Waals surface area contributed by atoms with Crippen LogP contribution in [-0.4, -0.2) is 13.2 Å². The molecule has 1 N–H and O–H groups in total. The maximum Gasteiger partial charge on any atom is 0.123 e. The van der Waals surface area contributed by atoms with Crippen molar-refractivity contribution in [2.24, 2.45) is 0 Å². The molecule has 2 nitrogen and oxygen atoms in total. The molecule has 2 rings (SSSR count). The van der Waals surface area contributed by atoms with Crippen molar-refractivity contribution in [3.63, 3.8) is 0 Å². The first-order valence-electron chi connectivity index (χ1n) is 6.37. The number of rotatable bonds is 4. The first kappa shape index (κ1) is 12.2. The molecule has 0 saturated heterocycles. The first-order valence-corrected chi connectivity index (χ1v) is 6.37. The summed E-state index contributed by atoms with van der Waals surface area (Å²) in [5.41, 5.74) is 1.23. The molecule has 0 amide bonds. The van der Waals surface area contributed by atoms with Crippen molar-refractivity contribution in [3.8, 4) is 5.75 Å². The number of hydrogen-bond donors (Lipinski definition) is 1. The van der Waals surface area contributed by atoms with E-state index in [1.54, 1.807) is 7.11 Å². The Morgan fingerprint density at radius 1 is 1.35 bits per heavy atom. The minimum atomic E-state index is 0.318. The van der Waals surface area contributed by atoms with E-state index in [0.717, 1.165) is 5.75 Å². The lowest BCUT2D eigenvalue weighted by Gasteiger charge is -2.24. The molecule has 1 aliphatic carbocycles. The Hall–Kier alpha value is -1.28. The Balaban J connectivity index is 2.05. The van der Waals surface area contributed by atoms with Gasteiger partial charge in [0, 0.05) is 17.6 Å². The second kappa shape index (κ2) is 5.87. The topological polar surface area (TPSA) is 21.3 Å². The Morgan fingerprint density at radius 3 is 2.88 bits per heavy atom. The summed E-state index contributed by atoms with van der Waals surface area (Å²) in [5, 5.41) is 3.64. The molecule has 1 aromatic carbocycles. The van der Waals surface area contributed by atoms with Gasteiger partial charge in [-0.3, -0.25) is 0 Å². The maximum atomic E-state index is 5.40. The highest BCUT2D eigenvalue weighted by Crippen LogP contribution is 2.25. The molecule has 2 atom stereocenters. The Labute approximate surface area is 104 Å². The van der Waals surface area contributed by atoms with Crippen LogP contribution in [0.2, 0.25) is 0 Å². The van der Waals surface area contributed by atoms with E-state index in [1.807, 2.05) is 12.1 Å². The highest BCUT2D eigenvalue weighted by Gasteiger charge is 2.15. The zero-order chi connectivity index (χ0) is 12.1. The third-order valence-electron chi connectivity index (χ3n) is 3.32. The number of hydrogen-bond acceptors (Lipinski definition) is 2. The van der Waals surface area contributed by atoms with E-state index in [1.165, 1.54) is 24.8 Å². The lowest BCUT2D eigenvalue weighted by molar-refractivity contribution is 0.395. The van der Waals surface area contributed by atoms with Crippen molar-refractivity contribution in [1.29, 1.82) is 0 Å². The molecule has 0 spiro atoms. The molecule has 0 radical (unpaired) electrons. The summed E-state index contributed by atoms with van der Waals surface area (Å²) in [6.07, 6.45) is 8.30. The zero-order valence-corrected chi connectivity index (χ0v) is 10.6. The number of ether oxygens (including phenoxy) is 1. The van der Waals surface area contributed by atoms with Crippen molar-refractivity contribution >= 4 is 0 Å². The predicted octanol–water partition coefficient (Wildman–Crippen LogP) is 3.45. The van der Waals surface area contributed by atoms with Gasteiger partial charge in [0.1, 0.15) is 5.75 Å². The van der Waals surface area contributed by atoms with Gasteiger partial charge in [-0.15, -0.1) is 0 Å². The molecule has 1 unspecified atom stereocenters. The van der Waals surface area contributed by atoms with E-state index in [0.29, 0.717) is 12.1 Å². The molecule has 0 fully saturated rings. The fourth-order valence-electron chi connectivity index (χ4n) is 2.39. The summed E-state index contributed by atoms with van der Waals surface area (Å²) in [7, 11) is 1.73. The van der Waals surface area contributed by atoms with E-state index < -0.39 is 0 Å². The molecule has 2 heteroatoms. The molecule has 0 aliphatic heterocycles. The Morgan fingerprint density at radius 2 is 2.18 bits per heavy atom. The molecule has 1 aliphatic rings. The number of methoxy groups -OCH3 is 1. The van der Waals surface area contributed by atoms with Crippen LogP contribution in [-0.2, 0) is 0 Å². The van der Waals surface area contributed by atoms with Crippen LogP contribution in [0.1, 0.15) is 37.8 Å². The third-order valence-corrected chi connectivity index (χ3v) is 3.32. The van der Waals surface area contributed by atoms with Gasteiger partial charge in [-0.1, -0.05) is 30.4 Å². The van der Waals surface area contributed by atoms with Gasteiger partial charge in [0.05, 0.1) is 7.11 Å². The standard InChI is InChI=1S/C15H21NO/c1-12(16-13-8-4-3-5-9-13)14-10-6-7-11-15(14)17-2/h4,6-8,10-13,16H,3,5,9H2,1-2H3/t12-,13?/m1/s1. The molecule has 17 heavy (non-hydrogen) atoms. The van der Waals surface area contributed by atoms with E-state index in [4.69, 9.17) is 4.74 Å². The summed E-state index contributed by atoms with van der Waals surface area (Å²) in [6.45, 7) is 2.19. The van der Waals surface area contributed by atoms with E-state index in [9.17, 15) is 0 Å². The zero-order valence-electron chi connectivity index (χ0n) is 10.6. The SMILES string of the molecule is COc1ccccc1[C@@H](C)NC1C=CCCC1. The first-order chi connectivity index (χ1) is 8.31. The summed E-state index contributed by atoms with van der Waals surface area (Å²) < 4.78 is 5.40. The highest BCUT2D eigenvalue weighted by atomic mass is 16.5. The second-order valence-electron chi connectivity index (χ2n) is 4.60. The van der Waals surface area contributed by atoms with Crippen molar-refractivity contribution in [2.45, 2.75) is 38.3 Å². The Kier molecular flexibility index (Phi) is 4.21. The lowest BCUT2D eigenvalue weighted by atomic mass is 10.00. The normalized spacial score (nSPS) is 21.2. The van der Waals surface area contributed by atoms with Crippen molar-refractivity contribution in [1.82, 2.24) is 5.32 Å². The van der Waals surface area contributed by atoms with Crippen LogP contribution in [0.25, 0.3) is 0 Å². The average Bonchev–Trinajstić information content (AvgIpc) is 2.40. The van der Waals surface area contributed by atoms with Crippen LogP contribution in [0.5, 0.6) is 5.75 Å². The van der Waals surface area contributed by atoms with Gasteiger partial charge in [0.25, 0.3) is 0 Å². The average molecular weight is 231 g/mol. The largest absolute Gasteiger partial charge is 0.496 e. The smallest absolute Gasteiger partial charge is 0.123 e. The van der Waals surface area contributed by atoms with Gasteiger partial charge in [-0.2, -0.15) is 0 Å². The number of benzene rings is 1. The quantitative estimate of drug-likeness (QED) is 0.801. The van der Waals surface area contributed by atoms with Gasteiger partial charge in [0.15, 0.2) is 0 Å². The van der Waals surface area contributed by atoms with E-state index in [2.05, 4.69) is 36.5 Å². The van der Waals surface area contributed by atoms with Crippen molar-refractivity contribution in [2.75, 3.05) is 7.11 Å². The van der Waals surface area contributed by atoms with Crippen LogP contribution >= 0.6 is 0 Å². The Bertz CT molecular complexity index is 386. The molecular weight excluding hydrogens is 210 g/mol. The molecule has 0 bridgehead atoms.